The first-order chi connectivity index (χ1) is 8.95. The van der Waals surface area contributed by atoms with Gasteiger partial charge in [0.15, 0.2) is 0 Å². The number of nitrogens with zero attached hydrogens (tertiary/aromatic N) is 2. The molecule has 0 unspecified atom stereocenters. The van der Waals surface area contributed by atoms with Gasteiger partial charge in [-0.2, -0.15) is 0 Å². The lowest BCUT2D eigenvalue weighted by Crippen LogP contribution is -2.14. The standard InChI is InChI=1S/C12H8Cl3N3O/c1-6-4-10(18-12(15)16-6)11(19)17-9-5-7(13)2-3-8(9)14/h2-5H,1H3,(H,17,19). The summed E-state index contributed by atoms with van der Waals surface area (Å²) in [5, 5.41) is 3.49. The summed E-state index contributed by atoms with van der Waals surface area (Å²) in [4.78, 5) is 19.8. The molecule has 0 atom stereocenters. The Labute approximate surface area is 124 Å². The highest BCUT2D eigenvalue weighted by Gasteiger charge is 2.12. The average Bonchev–Trinajstić information content (AvgIpc) is 2.32. The highest BCUT2D eigenvalue weighted by Crippen LogP contribution is 2.25. The summed E-state index contributed by atoms with van der Waals surface area (Å²) in [6, 6.07) is 6.31. The molecule has 98 valence electrons. The molecule has 1 aromatic heterocycles. The van der Waals surface area contributed by atoms with Crippen molar-refractivity contribution in [2.45, 2.75) is 6.92 Å². The van der Waals surface area contributed by atoms with Crippen molar-refractivity contribution in [3.63, 3.8) is 0 Å². The van der Waals surface area contributed by atoms with E-state index in [0.717, 1.165) is 0 Å². The summed E-state index contributed by atoms with van der Waals surface area (Å²) in [6.07, 6.45) is 0. The van der Waals surface area contributed by atoms with E-state index in [-0.39, 0.29) is 11.0 Å². The summed E-state index contributed by atoms with van der Waals surface area (Å²) in [5.74, 6) is -0.434. The first kappa shape index (κ1) is 14.1. The second-order valence-electron chi connectivity index (χ2n) is 3.74. The molecule has 19 heavy (non-hydrogen) atoms. The minimum Gasteiger partial charge on any atom is -0.319 e. The minimum absolute atomic E-state index is 0.0161. The van der Waals surface area contributed by atoms with Gasteiger partial charge in [-0.05, 0) is 42.8 Å². The first-order valence-corrected chi connectivity index (χ1v) is 6.36. The van der Waals surface area contributed by atoms with E-state index in [0.29, 0.717) is 21.4 Å². The highest BCUT2D eigenvalue weighted by atomic mass is 35.5. The van der Waals surface area contributed by atoms with Crippen molar-refractivity contribution < 1.29 is 4.79 Å². The summed E-state index contributed by atoms with van der Waals surface area (Å²) in [6.45, 7) is 1.72. The Balaban J connectivity index is 2.28. The molecule has 2 rings (SSSR count). The largest absolute Gasteiger partial charge is 0.319 e. The van der Waals surface area contributed by atoms with Crippen molar-refractivity contribution in [1.82, 2.24) is 9.97 Å². The van der Waals surface area contributed by atoms with Crippen LogP contribution in [0.2, 0.25) is 15.3 Å². The molecule has 0 aliphatic carbocycles. The Kier molecular flexibility index (Phi) is 4.24. The van der Waals surface area contributed by atoms with Gasteiger partial charge in [0.2, 0.25) is 5.28 Å². The molecule has 0 fully saturated rings. The second kappa shape index (κ2) is 5.74. The van der Waals surface area contributed by atoms with E-state index < -0.39 is 5.91 Å². The zero-order valence-electron chi connectivity index (χ0n) is 9.75. The number of aromatic nitrogens is 2. The lowest BCUT2D eigenvalue weighted by atomic mass is 10.3. The van der Waals surface area contributed by atoms with Crippen LogP contribution < -0.4 is 5.32 Å². The number of carbonyl (C=O) groups excluding carboxylic acids is 1. The topological polar surface area (TPSA) is 54.9 Å². The van der Waals surface area contributed by atoms with Crippen molar-refractivity contribution in [3.8, 4) is 0 Å². The Morgan fingerprint density at radius 2 is 1.89 bits per heavy atom. The molecular formula is C12H8Cl3N3O. The third-order valence-corrected chi connectivity index (χ3v) is 2.97. The summed E-state index contributed by atoms with van der Waals surface area (Å²) in [5.41, 5.74) is 1.17. The quantitative estimate of drug-likeness (QED) is 0.852. The van der Waals surface area contributed by atoms with Crippen LogP contribution >= 0.6 is 34.8 Å². The van der Waals surface area contributed by atoms with Crippen molar-refractivity contribution in [2.24, 2.45) is 0 Å². The summed E-state index contributed by atoms with van der Waals surface area (Å²) in [7, 11) is 0. The summed E-state index contributed by atoms with van der Waals surface area (Å²) >= 11 is 17.5. The number of halogens is 3. The van der Waals surface area contributed by atoms with Gasteiger partial charge in [-0.3, -0.25) is 4.79 Å². The van der Waals surface area contributed by atoms with E-state index in [1.165, 1.54) is 6.07 Å². The molecule has 7 heteroatoms. The van der Waals surface area contributed by atoms with Crippen molar-refractivity contribution in [2.75, 3.05) is 5.32 Å². The molecule has 1 aromatic carbocycles. The van der Waals surface area contributed by atoms with Gasteiger partial charge >= 0.3 is 0 Å². The van der Waals surface area contributed by atoms with E-state index in [4.69, 9.17) is 34.8 Å². The maximum Gasteiger partial charge on any atom is 0.274 e. The van der Waals surface area contributed by atoms with Crippen LogP contribution in [0.1, 0.15) is 16.2 Å². The van der Waals surface area contributed by atoms with Gasteiger partial charge in [0.25, 0.3) is 5.91 Å². The van der Waals surface area contributed by atoms with Crippen molar-refractivity contribution in [3.05, 3.63) is 51.0 Å². The molecule has 0 radical (unpaired) electrons. The third kappa shape index (κ3) is 3.56. The average molecular weight is 317 g/mol. The van der Waals surface area contributed by atoms with Crippen molar-refractivity contribution >= 4 is 46.4 Å². The number of rotatable bonds is 2. The van der Waals surface area contributed by atoms with Gasteiger partial charge in [0, 0.05) is 10.7 Å². The zero-order valence-corrected chi connectivity index (χ0v) is 12.0. The van der Waals surface area contributed by atoms with Crippen LogP contribution in [0.25, 0.3) is 0 Å². The molecule has 4 nitrogen and oxygen atoms in total. The molecule has 0 spiro atoms. The molecule has 1 N–H and O–H groups in total. The van der Waals surface area contributed by atoms with E-state index in [1.54, 1.807) is 25.1 Å². The van der Waals surface area contributed by atoms with Crippen LogP contribution in [-0.2, 0) is 0 Å². The normalized spacial score (nSPS) is 10.3. The second-order valence-corrected chi connectivity index (χ2v) is 4.92. The smallest absolute Gasteiger partial charge is 0.274 e. The maximum atomic E-state index is 12.0. The van der Waals surface area contributed by atoms with Gasteiger partial charge in [-0.1, -0.05) is 23.2 Å². The van der Waals surface area contributed by atoms with Gasteiger partial charge < -0.3 is 5.32 Å². The fourth-order valence-electron chi connectivity index (χ4n) is 1.43. The zero-order chi connectivity index (χ0) is 14.0. The molecule has 0 saturated heterocycles. The lowest BCUT2D eigenvalue weighted by molar-refractivity contribution is 0.102. The molecule has 2 aromatic rings. The van der Waals surface area contributed by atoms with Crippen LogP contribution in [0.15, 0.2) is 24.3 Å². The van der Waals surface area contributed by atoms with Gasteiger partial charge in [0.05, 0.1) is 10.7 Å². The van der Waals surface area contributed by atoms with Crippen LogP contribution in [0.5, 0.6) is 0 Å². The molecule has 0 aliphatic heterocycles. The van der Waals surface area contributed by atoms with Crippen molar-refractivity contribution in [1.29, 1.82) is 0 Å². The lowest BCUT2D eigenvalue weighted by Gasteiger charge is -2.07. The number of hydrogen-bond donors (Lipinski definition) is 1. The Hall–Kier alpha value is -1.36. The number of amides is 1. The number of carbonyl (C=O) groups is 1. The molecule has 0 saturated carbocycles. The fraction of sp³-hybridized carbons (Fsp3) is 0.0833. The predicted octanol–water partition coefficient (Wildman–Crippen LogP) is 4.00. The van der Waals surface area contributed by atoms with E-state index in [9.17, 15) is 4.79 Å². The van der Waals surface area contributed by atoms with Crippen LogP contribution in [-0.4, -0.2) is 15.9 Å². The third-order valence-electron chi connectivity index (χ3n) is 2.24. The molecular weight excluding hydrogens is 309 g/mol. The van der Waals surface area contributed by atoms with Crippen LogP contribution in [0.4, 0.5) is 5.69 Å². The molecule has 1 amide bonds. The highest BCUT2D eigenvalue weighted by molar-refractivity contribution is 6.35. The van der Waals surface area contributed by atoms with E-state index in [2.05, 4.69) is 15.3 Å². The number of anilines is 1. The van der Waals surface area contributed by atoms with Gasteiger partial charge in [-0.25, -0.2) is 9.97 Å². The monoisotopic (exact) mass is 315 g/mol. The number of nitrogens with one attached hydrogen (secondary N) is 1. The molecule has 1 heterocycles. The Morgan fingerprint density at radius 3 is 2.58 bits per heavy atom. The maximum absolute atomic E-state index is 12.0. The first-order valence-electron chi connectivity index (χ1n) is 5.23. The van der Waals surface area contributed by atoms with E-state index >= 15 is 0 Å². The Morgan fingerprint density at radius 1 is 1.16 bits per heavy atom. The van der Waals surface area contributed by atoms with Crippen LogP contribution in [0.3, 0.4) is 0 Å². The number of benzene rings is 1. The van der Waals surface area contributed by atoms with Crippen LogP contribution in [0, 0.1) is 6.92 Å². The minimum atomic E-state index is -0.434. The SMILES string of the molecule is Cc1cc(C(=O)Nc2cc(Cl)ccc2Cl)nc(Cl)n1. The molecule has 0 bridgehead atoms. The van der Waals surface area contributed by atoms with E-state index in [1.807, 2.05) is 0 Å². The Bertz CT molecular complexity index is 626. The van der Waals surface area contributed by atoms with Gasteiger partial charge in [-0.15, -0.1) is 0 Å². The number of aryl methyl sites for hydroxylation is 1. The number of hydrogen-bond acceptors (Lipinski definition) is 3. The summed E-state index contributed by atoms with van der Waals surface area (Å²) < 4.78 is 0. The van der Waals surface area contributed by atoms with Gasteiger partial charge in [0.1, 0.15) is 5.69 Å². The predicted molar refractivity (Wildman–Crippen MR) is 76.2 cm³/mol. The molecule has 0 aliphatic rings. The fourth-order valence-corrected chi connectivity index (χ4v) is 1.99.